The summed E-state index contributed by atoms with van der Waals surface area (Å²) in [5.74, 6) is 0. The molecule has 1 rings (SSSR count). The van der Waals surface area contributed by atoms with Crippen molar-refractivity contribution in [2.45, 2.75) is 44.3 Å². The first-order chi connectivity index (χ1) is 6.54. The van der Waals surface area contributed by atoms with Gasteiger partial charge >= 0.3 is 0 Å². The zero-order valence-electron chi connectivity index (χ0n) is 9.34. The van der Waals surface area contributed by atoms with Crippen LogP contribution in [0.4, 0.5) is 0 Å². The Morgan fingerprint density at radius 3 is 2.07 bits per heavy atom. The first kappa shape index (κ1) is 11.9. The van der Waals surface area contributed by atoms with Crippen LogP contribution in [-0.4, -0.2) is 37.3 Å². The number of nitrogens with one attached hydrogen (secondary N) is 2. The smallest absolute Gasteiger partial charge is 0.0335 e. The summed E-state index contributed by atoms with van der Waals surface area (Å²) in [6.07, 6.45) is 1.98. The Bertz CT molecular complexity index is 150. The monoisotopic (exact) mass is 200 g/mol. The Morgan fingerprint density at radius 1 is 1.14 bits per heavy atom. The molecule has 1 aliphatic heterocycles. The zero-order valence-corrected chi connectivity index (χ0v) is 9.34. The highest BCUT2D eigenvalue weighted by Crippen LogP contribution is 2.19. The third-order valence-corrected chi connectivity index (χ3v) is 2.69. The van der Waals surface area contributed by atoms with E-state index < -0.39 is 0 Å². The predicted octanol–water partition coefficient (Wildman–Crippen LogP) is -0.607. The van der Waals surface area contributed by atoms with Crippen molar-refractivity contribution in [1.29, 1.82) is 0 Å². The van der Waals surface area contributed by atoms with Gasteiger partial charge in [-0.15, -0.1) is 0 Å². The molecule has 0 saturated carbocycles. The molecule has 0 radical (unpaired) electrons. The van der Waals surface area contributed by atoms with Crippen LogP contribution in [0.25, 0.3) is 0 Å². The molecule has 0 aromatic carbocycles. The zero-order chi connectivity index (χ0) is 10.6. The standard InChI is InChI=1S/C10H24N4/c1-8(11)5-10(6-9(2)12)7-13-3-4-14-10/h8-9,13-14H,3-7,11-12H2,1-2H3. The van der Waals surface area contributed by atoms with Crippen LogP contribution in [0.5, 0.6) is 0 Å². The summed E-state index contributed by atoms with van der Waals surface area (Å²) in [5.41, 5.74) is 11.9. The van der Waals surface area contributed by atoms with E-state index in [-0.39, 0.29) is 17.6 Å². The van der Waals surface area contributed by atoms with Gasteiger partial charge in [0.05, 0.1) is 0 Å². The fourth-order valence-corrected chi connectivity index (χ4v) is 2.41. The number of nitrogens with two attached hydrogens (primary N) is 2. The van der Waals surface area contributed by atoms with E-state index >= 15 is 0 Å². The Labute approximate surface area is 86.8 Å². The normalized spacial score (nSPS) is 32.6. The molecular weight excluding hydrogens is 176 g/mol. The average Bonchev–Trinajstić information content (AvgIpc) is 2.01. The van der Waals surface area contributed by atoms with E-state index in [2.05, 4.69) is 24.5 Å². The van der Waals surface area contributed by atoms with Gasteiger partial charge < -0.3 is 22.1 Å². The van der Waals surface area contributed by atoms with E-state index in [4.69, 9.17) is 11.5 Å². The second-order valence-electron chi connectivity index (χ2n) is 4.75. The number of hydrogen-bond donors (Lipinski definition) is 4. The third-order valence-electron chi connectivity index (χ3n) is 2.69. The summed E-state index contributed by atoms with van der Waals surface area (Å²) in [5, 5.41) is 6.99. The van der Waals surface area contributed by atoms with Gasteiger partial charge in [-0.3, -0.25) is 0 Å². The van der Waals surface area contributed by atoms with Gasteiger partial charge in [-0.2, -0.15) is 0 Å². The van der Waals surface area contributed by atoms with Crippen LogP contribution in [0.3, 0.4) is 0 Å². The summed E-state index contributed by atoms with van der Waals surface area (Å²) in [6.45, 7) is 7.15. The highest BCUT2D eigenvalue weighted by molar-refractivity contribution is 4.97. The summed E-state index contributed by atoms with van der Waals surface area (Å²) < 4.78 is 0. The second-order valence-corrected chi connectivity index (χ2v) is 4.75. The van der Waals surface area contributed by atoms with Gasteiger partial charge in [-0.05, 0) is 26.7 Å². The molecule has 0 spiro atoms. The molecule has 6 N–H and O–H groups in total. The lowest BCUT2D eigenvalue weighted by Gasteiger charge is -2.41. The fraction of sp³-hybridized carbons (Fsp3) is 1.00. The van der Waals surface area contributed by atoms with E-state index in [1.54, 1.807) is 0 Å². The molecule has 0 bridgehead atoms. The van der Waals surface area contributed by atoms with Crippen molar-refractivity contribution in [2.24, 2.45) is 11.5 Å². The molecule has 14 heavy (non-hydrogen) atoms. The molecule has 0 aromatic rings. The number of rotatable bonds is 4. The van der Waals surface area contributed by atoms with E-state index in [0.717, 1.165) is 32.5 Å². The van der Waals surface area contributed by atoms with E-state index in [0.29, 0.717) is 0 Å². The van der Waals surface area contributed by atoms with Gasteiger partial charge in [-0.1, -0.05) is 0 Å². The molecule has 4 heteroatoms. The van der Waals surface area contributed by atoms with Gasteiger partial charge in [0.1, 0.15) is 0 Å². The number of hydrogen-bond acceptors (Lipinski definition) is 4. The lowest BCUT2D eigenvalue weighted by atomic mass is 9.84. The first-order valence-electron chi connectivity index (χ1n) is 5.51. The van der Waals surface area contributed by atoms with E-state index in [1.165, 1.54) is 0 Å². The largest absolute Gasteiger partial charge is 0.328 e. The highest BCUT2D eigenvalue weighted by Gasteiger charge is 2.33. The second kappa shape index (κ2) is 5.07. The Balaban J connectivity index is 2.57. The molecule has 84 valence electrons. The SMILES string of the molecule is CC(N)CC1(CC(C)N)CNCCN1. The quantitative estimate of drug-likeness (QED) is 0.488. The van der Waals surface area contributed by atoms with Crippen LogP contribution in [0.1, 0.15) is 26.7 Å². The van der Waals surface area contributed by atoms with Crippen molar-refractivity contribution in [3.05, 3.63) is 0 Å². The van der Waals surface area contributed by atoms with Crippen LogP contribution in [0, 0.1) is 0 Å². The molecule has 1 aliphatic rings. The van der Waals surface area contributed by atoms with Crippen LogP contribution in [0.15, 0.2) is 0 Å². The molecule has 0 aliphatic carbocycles. The van der Waals surface area contributed by atoms with Gasteiger partial charge in [0, 0.05) is 37.3 Å². The van der Waals surface area contributed by atoms with Crippen LogP contribution >= 0.6 is 0 Å². The van der Waals surface area contributed by atoms with Crippen molar-refractivity contribution in [3.8, 4) is 0 Å². The maximum absolute atomic E-state index is 5.88. The van der Waals surface area contributed by atoms with Crippen molar-refractivity contribution >= 4 is 0 Å². The van der Waals surface area contributed by atoms with Gasteiger partial charge in [-0.25, -0.2) is 0 Å². The van der Waals surface area contributed by atoms with Crippen molar-refractivity contribution in [1.82, 2.24) is 10.6 Å². The fourth-order valence-electron chi connectivity index (χ4n) is 2.41. The molecule has 0 amide bonds. The van der Waals surface area contributed by atoms with Gasteiger partial charge in [0.15, 0.2) is 0 Å². The minimum absolute atomic E-state index is 0.112. The van der Waals surface area contributed by atoms with Crippen molar-refractivity contribution in [2.75, 3.05) is 19.6 Å². The molecule has 0 aromatic heterocycles. The van der Waals surface area contributed by atoms with Crippen molar-refractivity contribution < 1.29 is 0 Å². The van der Waals surface area contributed by atoms with Gasteiger partial charge in [0.25, 0.3) is 0 Å². The Morgan fingerprint density at radius 2 is 1.71 bits per heavy atom. The number of piperazine rings is 1. The first-order valence-corrected chi connectivity index (χ1v) is 5.51. The lowest BCUT2D eigenvalue weighted by molar-refractivity contribution is 0.216. The Kier molecular flexibility index (Phi) is 4.31. The lowest BCUT2D eigenvalue weighted by Crippen LogP contribution is -2.62. The van der Waals surface area contributed by atoms with Crippen molar-refractivity contribution in [3.63, 3.8) is 0 Å². The van der Waals surface area contributed by atoms with E-state index in [9.17, 15) is 0 Å². The van der Waals surface area contributed by atoms with E-state index in [1.807, 2.05) is 0 Å². The molecular formula is C10H24N4. The van der Waals surface area contributed by atoms with Crippen LogP contribution in [0.2, 0.25) is 0 Å². The summed E-state index contributed by atoms with van der Waals surface area (Å²) in [7, 11) is 0. The third kappa shape index (κ3) is 3.53. The summed E-state index contributed by atoms with van der Waals surface area (Å²) in [4.78, 5) is 0. The topological polar surface area (TPSA) is 76.1 Å². The summed E-state index contributed by atoms with van der Waals surface area (Å²) in [6, 6.07) is 0.447. The molecule has 1 heterocycles. The highest BCUT2D eigenvalue weighted by atomic mass is 15.1. The predicted molar refractivity (Wildman–Crippen MR) is 60.1 cm³/mol. The maximum atomic E-state index is 5.88. The minimum atomic E-state index is 0.112. The molecule has 4 nitrogen and oxygen atoms in total. The molecule has 2 unspecified atom stereocenters. The maximum Gasteiger partial charge on any atom is 0.0335 e. The average molecular weight is 200 g/mol. The van der Waals surface area contributed by atoms with Gasteiger partial charge in [0.2, 0.25) is 0 Å². The van der Waals surface area contributed by atoms with Crippen LogP contribution < -0.4 is 22.1 Å². The molecule has 1 fully saturated rings. The molecule has 2 atom stereocenters. The van der Waals surface area contributed by atoms with Crippen LogP contribution in [-0.2, 0) is 0 Å². The Hall–Kier alpha value is -0.160. The summed E-state index contributed by atoms with van der Waals surface area (Å²) >= 11 is 0. The molecule has 1 saturated heterocycles. The minimum Gasteiger partial charge on any atom is -0.328 e.